The number of rotatable bonds is 7. The molecule has 26 heavy (non-hydrogen) atoms. The summed E-state index contributed by atoms with van der Waals surface area (Å²) in [4.78, 5) is 4.63. The lowest BCUT2D eigenvalue weighted by Gasteiger charge is -2.10. The van der Waals surface area contributed by atoms with Gasteiger partial charge in [-0.25, -0.2) is 4.99 Å². The Morgan fingerprint density at radius 1 is 1.15 bits per heavy atom. The molecule has 3 aromatic rings. The molecule has 0 aromatic carbocycles. The van der Waals surface area contributed by atoms with E-state index in [0.717, 1.165) is 43.4 Å². The molecule has 8 heteroatoms. The van der Waals surface area contributed by atoms with Gasteiger partial charge in [0.05, 0.1) is 6.54 Å². The van der Waals surface area contributed by atoms with Crippen molar-refractivity contribution in [3.8, 4) is 0 Å². The van der Waals surface area contributed by atoms with Crippen molar-refractivity contribution in [2.75, 3.05) is 13.1 Å². The van der Waals surface area contributed by atoms with Crippen molar-refractivity contribution < 1.29 is 0 Å². The van der Waals surface area contributed by atoms with Gasteiger partial charge in [-0.05, 0) is 37.1 Å². The van der Waals surface area contributed by atoms with Crippen molar-refractivity contribution in [3.63, 3.8) is 0 Å². The zero-order chi connectivity index (χ0) is 17.5. The fraction of sp³-hybridized carbons (Fsp3) is 0.389. The molecule has 0 aliphatic heterocycles. The molecule has 0 saturated heterocycles. The second-order valence-electron chi connectivity index (χ2n) is 5.96. The lowest BCUT2D eigenvalue weighted by molar-refractivity contribution is 0.715. The molecule has 0 aliphatic carbocycles. The van der Waals surface area contributed by atoms with Crippen LogP contribution in [0.3, 0.4) is 0 Å². The third-order valence-corrected chi connectivity index (χ3v) is 3.91. The van der Waals surface area contributed by atoms with Crippen LogP contribution in [0.2, 0.25) is 0 Å². The third kappa shape index (κ3) is 5.45. The maximum atomic E-state index is 4.63. The van der Waals surface area contributed by atoms with E-state index in [0.29, 0.717) is 6.54 Å². The number of aryl methyl sites for hydroxylation is 2. The molecule has 140 valence electrons. The van der Waals surface area contributed by atoms with Crippen molar-refractivity contribution in [2.24, 2.45) is 12.0 Å². The standard InChI is InChI=1S/C18H25N7.HI/c1-3-19-18(21-13-15-9-12-24(2)14-15)20-10-6-8-17-23-22-16-7-4-5-11-25(16)17;/h4-5,7,9,11-12,14H,3,6,8,10,13H2,1-2H3,(H2,19,20,21);1H. The molecule has 7 nitrogen and oxygen atoms in total. The lowest BCUT2D eigenvalue weighted by atomic mass is 10.3. The van der Waals surface area contributed by atoms with E-state index in [1.807, 2.05) is 46.6 Å². The Kier molecular flexibility index (Phi) is 7.89. The number of aromatic nitrogens is 4. The van der Waals surface area contributed by atoms with E-state index in [-0.39, 0.29) is 24.0 Å². The molecule has 3 rings (SSSR count). The highest BCUT2D eigenvalue weighted by Gasteiger charge is 2.04. The van der Waals surface area contributed by atoms with Crippen molar-refractivity contribution >= 4 is 35.6 Å². The van der Waals surface area contributed by atoms with E-state index in [1.165, 1.54) is 5.56 Å². The molecule has 0 unspecified atom stereocenters. The third-order valence-electron chi connectivity index (χ3n) is 3.91. The minimum atomic E-state index is 0. The topological polar surface area (TPSA) is 71.5 Å². The molecule has 0 amide bonds. The van der Waals surface area contributed by atoms with Crippen LogP contribution in [0.5, 0.6) is 0 Å². The van der Waals surface area contributed by atoms with Crippen LogP contribution >= 0.6 is 24.0 Å². The van der Waals surface area contributed by atoms with Gasteiger partial charge in [0.25, 0.3) is 0 Å². The Labute approximate surface area is 170 Å². The quantitative estimate of drug-likeness (QED) is 0.242. The second kappa shape index (κ2) is 10.1. The van der Waals surface area contributed by atoms with Gasteiger partial charge in [-0.3, -0.25) is 4.40 Å². The molecular formula is C18H26IN7. The zero-order valence-electron chi connectivity index (χ0n) is 15.2. The average molecular weight is 467 g/mol. The number of hydrogen-bond donors (Lipinski definition) is 2. The highest BCUT2D eigenvalue weighted by atomic mass is 127. The highest BCUT2D eigenvalue weighted by molar-refractivity contribution is 14.0. The predicted octanol–water partition coefficient (Wildman–Crippen LogP) is 2.37. The van der Waals surface area contributed by atoms with Crippen molar-refractivity contribution in [1.29, 1.82) is 0 Å². The molecule has 0 aliphatic rings. The van der Waals surface area contributed by atoms with Crippen LogP contribution < -0.4 is 10.6 Å². The number of aliphatic imine (C=N–C) groups is 1. The summed E-state index contributed by atoms with van der Waals surface area (Å²) in [5, 5.41) is 15.1. The van der Waals surface area contributed by atoms with Gasteiger partial charge >= 0.3 is 0 Å². The molecule has 3 heterocycles. The average Bonchev–Trinajstić information content (AvgIpc) is 3.22. The van der Waals surface area contributed by atoms with Crippen molar-refractivity contribution in [2.45, 2.75) is 26.3 Å². The van der Waals surface area contributed by atoms with Crippen LogP contribution in [0.25, 0.3) is 5.65 Å². The van der Waals surface area contributed by atoms with Crippen LogP contribution in [0, 0.1) is 0 Å². The fourth-order valence-corrected chi connectivity index (χ4v) is 2.68. The minimum absolute atomic E-state index is 0. The minimum Gasteiger partial charge on any atom is -0.357 e. The van der Waals surface area contributed by atoms with Gasteiger partial charge in [-0.15, -0.1) is 34.2 Å². The number of halogens is 1. The van der Waals surface area contributed by atoms with Gasteiger partial charge in [0.15, 0.2) is 11.6 Å². The van der Waals surface area contributed by atoms with Crippen molar-refractivity contribution in [3.05, 3.63) is 54.2 Å². The Morgan fingerprint density at radius 3 is 2.81 bits per heavy atom. The number of guanidine groups is 1. The molecule has 3 aromatic heterocycles. The van der Waals surface area contributed by atoms with Crippen LogP contribution in [-0.2, 0) is 20.0 Å². The monoisotopic (exact) mass is 467 g/mol. The molecule has 0 spiro atoms. The Balaban J connectivity index is 0.00000243. The summed E-state index contributed by atoms with van der Waals surface area (Å²) >= 11 is 0. The van der Waals surface area contributed by atoms with Gasteiger partial charge in [-0.1, -0.05) is 6.07 Å². The number of pyridine rings is 1. The SMILES string of the molecule is CCNC(=NCc1ccn(C)c1)NCCCc1nnc2ccccn12.I. The molecule has 2 N–H and O–H groups in total. The summed E-state index contributed by atoms with van der Waals surface area (Å²) in [6.07, 6.45) is 7.96. The predicted molar refractivity (Wildman–Crippen MR) is 115 cm³/mol. The fourth-order valence-electron chi connectivity index (χ4n) is 2.68. The molecule has 0 saturated carbocycles. The van der Waals surface area contributed by atoms with E-state index in [2.05, 4.69) is 45.0 Å². The number of hydrogen-bond acceptors (Lipinski definition) is 3. The number of nitrogens with one attached hydrogen (secondary N) is 2. The first-order valence-electron chi connectivity index (χ1n) is 8.68. The smallest absolute Gasteiger partial charge is 0.191 e. The van der Waals surface area contributed by atoms with Crippen LogP contribution in [0.15, 0.2) is 47.8 Å². The van der Waals surface area contributed by atoms with Crippen molar-refractivity contribution in [1.82, 2.24) is 29.8 Å². The van der Waals surface area contributed by atoms with E-state index in [1.54, 1.807) is 0 Å². The maximum Gasteiger partial charge on any atom is 0.191 e. The largest absolute Gasteiger partial charge is 0.357 e. The highest BCUT2D eigenvalue weighted by Crippen LogP contribution is 2.05. The van der Waals surface area contributed by atoms with E-state index in [9.17, 15) is 0 Å². The molecule has 0 fully saturated rings. The summed E-state index contributed by atoms with van der Waals surface area (Å²) in [5.74, 6) is 1.83. The molecule has 0 bridgehead atoms. The maximum absolute atomic E-state index is 4.63. The lowest BCUT2D eigenvalue weighted by Crippen LogP contribution is -2.37. The van der Waals surface area contributed by atoms with Gasteiger partial charge < -0.3 is 15.2 Å². The first-order chi connectivity index (χ1) is 12.3. The van der Waals surface area contributed by atoms with Crippen LogP contribution in [0.1, 0.15) is 24.7 Å². The Bertz CT molecular complexity index is 837. The van der Waals surface area contributed by atoms with Gasteiger partial charge in [0.2, 0.25) is 0 Å². The van der Waals surface area contributed by atoms with Crippen LogP contribution in [0.4, 0.5) is 0 Å². The normalized spacial score (nSPS) is 11.4. The summed E-state index contributed by atoms with van der Waals surface area (Å²) in [7, 11) is 2.02. The van der Waals surface area contributed by atoms with Gasteiger partial charge in [-0.2, -0.15) is 0 Å². The van der Waals surface area contributed by atoms with E-state index < -0.39 is 0 Å². The van der Waals surface area contributed by atoms with E-state index in [4.69, 9.17) is 0 Å². The van der Waals surface area contributed by atoms with Gasteiger partial charge in [0, 0.05) is 45.1 Å². The summed E-state index contributed by atoms with van der Waals surface area (Å²) in [6.45, 7) is 4.42. The summed E-state index contributed by atoms with van der Waals surface area (Å²) < 4.78 is 4.07. The first kappa shape index (κ1) is 20.2. The molecule has 0 radical (unpaired) electrons. The Morgan fingerprint density at radius 2 is 2.04 bits per heavy atom. The summed E-state index contributed by atoms with van der Waals surface area (Å²) in [6, 6.07) is 8.02. The first-order valence-corrected chi connectivity index (χ1v) is 8.68. The number of nitrogens with zero attached hydrogens (tertiary/aromatic N) is 5. The zero-order valence-corrected chi connectivity index (χ0v) is 17.6. The molecular weight excluding hydrogens is 441 g/mol. The second-order valence-corrected chi connectivity index (χ2v) is 5.96. The summed E-state index contributed by atoms with van der Waals surface area (Å²) in [5.41, 5.74) is 2.10. The van der Waals surface area contributed by atoms with Crippen LogP contribution in [-0.4, -0.2) is 38.2 Å². The Hall–Kier alpha value is -2.10. The van der Waals surface area contributed by atoms with E-state index >= 15 is 0 Å². The van der Waals surface area contributed by atoms with Gasteiger partial charge in [0.1, 0.15) is 5.82 Å². The molecule has 0 atom stereocenters. The number of fused-ring (bicyclic) bond motifs is 1.